The molecule has 0 atom stereocenters. The zero-order valence-electron chi connectivity index (χ0n) is 12.8. The summed E-state index contributed by atoms with van der Waals surface area (Å²) in [6.07, 6.45) is 2.98. The summed E-state index contributed by atoms with van der Waals surface area (Å²) < 4.78 is 0. The number of aryl methyl sites for hydroxylation is 2. The van der Waals surface area contributed by atoms with Gasteiger partial charge in [0.1, 0.15) is 0 Å². The Bertz CT molecular complexity index is 559. The lowest BCUT2D eigenvalue weighted by molar-refractivity contribution is 0.333. The number of hydrogen-bond acceptors (Lipinski definition) is 6. The summed E-state index contributed by atoms with van der Waals surface area (Å²) in [5.74, 6) is 0. The molecule has 2 aromatic heterocycles. The molecule has 0 aliphatic heterocycles. The molecular weight excluding hydrogens is 288 g/mol. The molecule has 2 heterocycles. The van der Waals surface area contributed by atoms with Gasteiger partial charge in [0.15, 0.2) is 5.13 Å². The highest BCUT2D eigenvalue weighted by Crippen LogP contribution is 2.25. The number of aromatic nitrogens is 2. The van der Waals surface area contributed by atoms with Crippen LogP contribution in [0.25, 0.3) is 0 Å². The van der Waals surface area contributed by atoms with E-state index in [9.17, 15) is 0 Å². The quantitative estimate of drug-likeness (QED) is 0.821. The fraction of sp³-hybridized carbons (Fsp3) is 0.571. The first-order valence-electron chi connectivity index (χ1n) is 6.69. The second-order valence-corrected chi connectivity index (χ2v) is 7.63. The minimum atomic E-state index is 0.960. The van der Waals surface area contributed by atoms with E-state index in [1.54, 1.807) is 22.7 Å². The van der Waals surface area contributed by atoms with Gasteiger partial charge in [-0.15, -0.1) is 22.7 Å². The van der Waals surface area contributed by atoms with E-state index in [2.05, 4.69) is 40.7 Å². The van der Waals surface area contributed by atoms with Gasteiger partial charge in [-0.3, -0.25) is 0 Å². The van der Waals surface area contributed by atoms with E-state index in [-0.39, 0.29) is 0 Å². The first-order valence-corrected chi connectivity index (χ1v) is 8.32. The van der Waals surface area contributed by atoms with Crippen LogP contribution < -0.4 is 4.90 Å². The average molecular weight is 310 g/mol. The summed E-state index contributed by atoms with van der Waals surface area (Å²) in [5, 5.41) is 2.31. The monoisotopic (exact) mass is 310 g/mol. The lowest BCUT2D eigenvalue weighted by Crippen LogP contribution is -2.20. The number of anilines is 1. The topological polar surface area (TPSA) is 32.3 Å². The Hall–Kier alpha value is -0.980. The molecule has 0 amide bonds. The van der Waals surface area contributed by atoms with Crippen LogP contribution in [0.5, 0.6) is 0 Å². The second-order valence-electron chi connectivity index (χ2n) is 5.25. The summed E-state index contributed by atoms with van der Waals surface area (Å²) >= 11 is 3.57. The molecule has 0 saturated heterocycles. The summed E-state index contributed by atoms with van der Waals surface area (Å²) in [6, 6.07) is 0. The van der Waals surface area contributed by atoms with Crippen LogP contribution in [0.3, 0.4) is 0 Å². The molecule has 0 unspecified atom stereocenters. The minimum absolute atomic E-state index is 0.960. The molecule has 110 valence electrons. The Kier molecular flexibility index (Phi) is 5.12. The molecule has 2 rings (SSSR count). The van der Waals surface area contributed by atoms with Crippen LogP contribution in [0.1, 0.15) is 20.5 Å². The molecule has 0 N–H and O–H groups in total. The van der Waals surface area contributed by atoms with Crippen LogP contribution in [-0.4, -0.2) is 42.6 Å². The van der Waals surface area contributed by atoms with Crippen molar-refractivity contribution in [1.29, 1.82) is 0 Å². The van der Waals surface area contributed by atoms with Gasteiger partial charge >= 0.3 is 0 Å². The molecule has 2 aromatic rings. The Balaban J connectivity index is 1.89. The number of rotatable bonds is 6. The van der Waals surface area contributed by atoms with E-state index >= 15 is 0 Å². The van der Waals surface area contributed by atoms with Crippen molar-refractivity contribution in [3.8, 4) is 0 Å². The van der Waals surface area contributed by atoms with Crippen molar-refractivity contribution in [2.24, 2.45) is 0 Å². The molecule has 0 fully saturated rings. The first kappa shape index (κ1) is 15.4. The Morgan fingerprint density at radius 3 is 2.45 bits per heavy atom. The second kappa shape index (κ2) is 6.65. The maximum absolute atomic E-state index is 4.59. The van der Waals surface area contributed by atoms with Gasteiger partial charge in [0.05, 0.1) is 10.7 Å². The van der Waals surface area contributed by atoms with E-state index in [0.29, 0.717) is 0 Å². The highest BCUT2D eigenvalue weighted by atomic mass is 32.1. The highest BCUT2D eigenvalue weighted by Gasteiger charge is 2.11. The highest BCUT2D eigenvalue weighted by molar-refractivity contribution is 7.15. The Morgan fingerprint density at radius 1 is 1.15 bits per heavy atom. The zero-order chi connectivity index (χ0) is 14.7. The molecule has 0 aliphatic carbocycles. The van der Waals surface area contributed by atoms with Crippen LogP contribution in [0, 0.1) is 13.8 Å². The third kappa shape index (κ3) is 4.01. The van der Waals surface area contributed by atoms with Crippen LogP contribution in [0.4, 0.5) is 5.13 Å². The molecular formula is C14H22N4S2. The lowest BCUT2D eigenvalue weighted by atomic mass is 10.3. The normalized spacial score (nSPS) is 11.3. The van der Waals surface area contributed by atoms with E-state index < -0.39 is 0 Å². The van der Waals surface area contributed by atoms with Gasteiger partial charge < -0.3 is 9.80 Å². The summed E-state index contributed by atoms with van der Waals surface area (Å²) in [4.78, 5) is 16.1. The van der Waals surface area contributed by atoms with Crippen molar-refractivity contribution in [2.75, 3.05) is 32.6 Å². The maximum Gasteiger partial charge on any atom is 0.185 e. The van der Waals surface area contributed by atoms with Crippen LogP contribution in [0.2, 0.25) is 0 Å². The van der Waals surface area contributed by atoms with Crippen molar-refractivity contribution in [3.63, 3.8) is 0 Å². The smallest absolute Gasteiger partial charge is 0.185 e. The van der Waals surface area contributed by atoms with Gasteiger partial charge in [-0.05, 0) is 20.9 Å². The predicted molar refractivity (Wildman–Crippen MR) is 88.1 cm³/mol. The van der Waals surface area contributed by atoms with Crippen molar-refractivity contribution in [3.05, 3.63) is 26.7 Å². The SMILES string of the molecule is Cc1cnc(CCN(C)Cc2sc(N(C)C)nc2C)s1. The number of likely N-dealkylation sites (N-methyl/N-ethyl adjacent to an activating group) is 1. The third-order valence-corrected chi connectivity index (χ3v) is 5.34. The van der Waals surface area contributed by atoms with E-state index in [4.69, 9.17) is 0 Å². The van der Waals surface area contributed by atoms with Crippen molar-refractivity contribution in [1.82, 2.24) is 14.9 Å². The summed E-state index contributed by atoms with van der Waals surface area (Å²) in [6.45, 7) is 6.19. The first-order chi connectivity index (χ1) is 9.45. The number of thiazole rings is 2. The van der Waals surface area contributed by atoms with Gasteiger partial charge in [0.2, 0.25) is 0 Å². The maximum atomic E-state index is 4.59. The molecule has 6 heteroatoms. The van der Waals surface area contributed by atoms with Crippen molar-refractivity contribution >= 4 is 27.8 Å². The van der Waals surface area contributed by atoms with Crippen LogP contribution >= 0.6 is 22.7 Å². The zero-order valence-corrected chi connectivity index (χ0v) is 14.4. The predicted octanol–water partition coefficient (Wildman–Crippen LogP) is 2.96. The van der Waals surface area contributed by atoms with Gasteiger partial charge in [-0.2, -0.15) is 0 Å². The Labute approximate surface area is 129 Å². The third-order valence-electron chi connectivity index (χ3n) is 3.05. The molecule has 4 nitrogen and oxygen atoms in total. The van der Waals surface area contributed by atoms with Gasteiger partial charge in [-0.1, -0.05) is 0 Å². The largest absolute Gasteiger partial charge is 0.354 e. The number of nitrogens with zero attached hydrogens (tertiary/aromatic N) is 4. The molecule has 20 heavy (non-hydrogen) atoms. The Morgan fingerprint density at radius 2 is 1.90 bits per heavy atom. The average Bonchev–Trinajstić information content (AvgIpc) is 2.94. The molecule has 0 aromatic carbocycles. The molecule has 0 radical (unpaired) electrons. The van der Waals surface area contributed by atoms with E-state index in [1.807, 2.05) is 20.3 Å². The summed E-state index contributed by atoms with van der Waals surface area (Å²) in [7, 11) is 6.24. The molecule has 0 saturated carbocycles. The van der Waals surface area contributed by atoms with Crippen LogP contribution in [-0.2, 0) is 13.0 Å². The standard InChI is InChI=1S/C14H22N4S2/c1-10-8-15-13(19-10)6-7-18(5)9-12-11(2)16-14(20-12)17(3)4/h8H,6-7,9H2,1-5H3. The van der Waals surface area contributed by atoms with Gasteiger partial charge in [-0.25, -0.2) is 9.97 Å². The minimum Gasteiger partial charge on any atom is -0.354 e. The van der Waals surface area contributed by atoms with Crippen molar-refractivity contribution in [2.45, 2.75) is 26.8 Å². The molecule has 0 spiro atoms. The lowest BCUT2D eigenvalue weighted by Gasteiger charge is -2.14. The summed E-state index contributed by atoms with van der Waals surface area (Å²) in [5.41, 5.74) is 1.15. The molecule has 0 bridgehead atoms. The molecule has 0 aliphatic rings. The van der Waals surface area contributed by atoms with Gasteiger partial charge in [0.25, 0.3) is 0 Å². The van der Waals surface area contributed by atoms with Crippen molar-refractivity contribution < 1.29 is 0 Å². The fourth-order valence-electron chi connectivity index (χ4n) is 1.88. The van der Waals surface area contributed by atoms with Gasteiger partial charge in [0, 0.05) is 49.6 Å². The fourth-order valence-corrected chi connectivity index (χ4v) is 3.72. The van der Waals surface area contributed by atoms with E-state index in [1.165, 1.54) is 14.8 Å². The number of hydrogen-bond donors (Lipinski definition) is 0. The van der Waals surface area contributed by atoms with Crippen LogP contribution in [0.15, 0.2) is 6.20 Å². The van der Waals surface area contributed by atoms with E-state index in [0.717, 1.165) is 30.3 Å².